The lowest BCUT2D eigenvalue weighted by Crippen LogP contribution is -2.19. The summed E-state index contributed by atoms with van der Waals surface area (Å²) >= 11 is 5.58. The molecule has 108 valence electrons. The fourth-order valence-corrected chi connectivity index (χ4v) is 4.38. The Morgan fingerprint density at radius 1 is 1.20 bits per heavy atom. The molecule has 20 heavy (non-hydrogen) atoms. The van der Waals surface area contributed by atoms with Crippen molar-refractivity contribution >= 4 is 27.3 Å². The second-order valence-corrected chi connectivity index (χ2v) is 7.05. The van der Waals surface area contributed by atoms with E-state index < -0.39 is 0 Å². The lowest BCUT2D eigenvalue weighted by atomic mass is 10.1. The van der Waals surface area contributed by atoms with E-state index in [0.29, 0.717) is 6.04 Å². The Balaban J connectivity index is 2.27. The van der Waals surface area contributed by atoms with E-state index in [9.17, 15) is 0 Å². The average molecular weight is 352 g/mol. The van der Waals surface area contributed by atoms with Crippen LogP contribution in [0.4, 0.5) is 0 Å². The van der Waals surface area contributed by atoms with E-state index in [1.807, 2.05) is 11.3 Å². The SMILES string of the molecule is CCCC(NCC)c1ccc(-c2ccc(C)cc2Br)s1. The molecule has 1 atom stereocenters. The molecule has 0 amide bonds. The van der Waals surface area contributed by atoms with Gasteiger partial charge in [-0.3, -0.25) is 0 Å². The maximum absolute atomic E-state index is 3.68. The monoisotopic (exact) mass is 351 g/mol. The highest BCUT2D eigenvalue weighted by Crippen LogP contribution is 2.36. The van der Waals surface area contributed by atoms with Crippen molar-refractivity contribution < 1.29 is 0 Å². The highest BCUT2D eigenvalue weighted by molar-refractivity contribution is 9.10. The molecule has 0 radical (unpaired) electrons. The van der Waals surface area contributed by atoms with Crippen LogP contribution in [0, 0.1) is 6.92 Å². The maximum atomic E-state index is 3.68. The summed E-state index contributed by atoms with van der Waals surface area (Å²) in [7, 11) is 0. The van der Waals surface area contributed by atoms with Crippen molar-refractivity contribution in [2.24, 2.45) is 0 Å². The molecule has 1 unspecified atom stereocenters. The third kappa shape index (κ3) is 3.72. The first kappa shape index (κ1) is 15.7. The third-order valence-corrected chi connectivity index (χ3v) is 5.28. The van der Waals surface area contributed by atoms with Crippen molar-refractivity contribution in [3.8, 4) is 10.4 Å². The van der Waals surface area contributed by atoms with E-state index >= 15 is 0 Å². The van der Waals surface area contributed by atoms with Gasteiger partial charge in [-0.15, -0.1) is 11.3 Å². The van der Waals surface area contributed by atoms with Crippen LogP contribution in [0.1, 0.15) is 43.2 Å². The summed E-state index contributed by atoms with van der Waals surface area (Å²) in [6.45, 7) is 7.56. The number of aryl methyl sites for hydroxylation is 1. The van der Waals surface area contributed by atoms with E-state index in [-0.39, 0.29) is 0 Å². The van der Waals surface area contributed by atoms with Gasteiger partial charge in [0, 0.05) is 25.8 Å². The summed E-state index contributed by atoms with van der Waals surface area (Å²) in [6, 6.07) is 11.6. The van der Waals surface area contributed by atoms with Gasteiger partial charge in [0.15, 0.2) is 0 Å². The number of nitrogens with one attached hydrogen (secondary N) is 1. The molecule has 0 saturated heterocycles. The molecule has 0 aliphatic heterocycles. The summed E-state index contributed by atoms with van der Waals surface area (Å²) in [6.07, 6.45) is 2.40. The lowest BCUT2D eigenvalue weighted by Gasteiger charge is -2.15. The minimum absolute atomic E-state index is 0.493. The van der Waals surface area contributed by atoms with Gasteiger partial charge in [-0.05, 0) is 43.7 Å². The Morgan fingerprint density at radius 2 is 2.00 bits per heavy atom. The number of hydrogen-bond acceptors (Lipinski definition) is 2. The van der Waals surface area contributed by atoms with Gasteiger partial charge in [0.1, 0.15) is 0 Å². The maximum Gasteiger partial charge on any atom is 0.0414 e. The van der Waals surface area contributed by atoms with Gasteiger partial charge in [-0.25, -0.2) is 0 Å². The third-order valence-electron chi connectivity index (χ3n) is 3.39. The molecule has 1 aromatic carbocycles. The minimum atomic E-state index is 0.493. The molecule has 1 N–H and O–H groups in total. The summed E-state index contributed by atoms with van der Waals surface area (Å²) in [5, 5.41) is 3.59. The zero-order chi connectivity index (χ0) is 14.5. The Labute approximate surface area is 134 Å². The highest BCUT2D eigenvalue weighted by atomic mass is 79.9. The van der Waals surface area contributed by atoms with Crippen LogP contribution in [0.15, 0.2) is 34.8 Å². The Kier molecular flexibility index (Phi) is 5.82. The number of rotatable bonds is 6. The van der Waals surface area contributed by atoms with Crippen LogP contribution in [0.25, 0.3) is 10.4 Å². The molecule has 0 aliphatic carbocycles. The molecule has 1 heterocycles. The highest BCUT2D eigenvalue weighted by Gasteiger charge is 2.13. The van der Waals surface area contributed by atoms with E-state index in [2.05, 4.69) is 72.3 Å². The second kappa shape index (κ2) is 7.39. The van der Waals surface area contributed by atoms with Crippen molar-refractivity contribution in [3.63, 3.8) is 0 Å². The van der Waals surface area contributed by atoms with Gasteiger partial charge in [-0.1, -0.05) is 48.3 Å². The van der Waals surface area contributed by atoms with Crippen LogP contribution in [0.5, 0.6) is 0 Å². The summed E-state index contributed by atoms with van der Waals surface area (Å²) in [5.74, 6) is 0. The van der Waals surface area contributed by atoms with E-state index in [1.54, 1.807) is 0 Å². The normalized spacial score (nSPS) is 12.6. The molecular weight excluding hydrogens is 330 g/mol. The topological polar surface area (TPSA) is 12.0 Å². The van der Waals surface area contributed by atoms with Crippen LogP contribution >= 0.6 is 27.3 Å². The Morgan fingerprint density at radius 3 is 2.65 bits per heavy atom. The Bertz CT molecular complexity index is 556. The van der Waals surface area contributed by atoms with Gasteiger partial charge in [0.05, 0.1) is 0 Å². The molecule has 0 bridgehead atoms. The smallest absolute Gasteiger partial charge is 0.0414 e. The predicted molar refractivity (Wildman–Crippen MR) is 93.5 cm³/mol. The molecule has 0 spiro atoms. The van der Waals surface area contributed by atoms with E-state index in [0.717, 1.165) is 6.54 Å². The first-order valence-corrected chi connectivity index (χ1v) is 8.86. The van der Waals surface area contributed by atoms with Crippen molar-refractivity contribution in [1.82, 2.24) is 5.32 Å². The zero-order valence-electron chi connectivity index (χ0n) is 12.4. The standard InChI is InChI=1S/C17H22BrNS/c1-4-6-15(19-5-2)17-10-9-16(20-17)13-8-7-12(3)11-14(13)18/h7-11,15,19H,4-6H2,1-3H3. The largest absolute Gasteiger partial charge is 0.310 e. The molecule has 0 fully saturated rings. The molecule has 0 saturated carbocycles. The molecule has 2 aromatic rings. The minimum Gasteiger partial charge on any atom is -0.310 e. The lowest BCUT2D eigenvalue weighted by molar-refractivity contribution is 0.516. The first-order chi connectivity index (χ1) is 9.65. The van der Waals surface area contributed by atoms with E-state index in [4.69, 9.17) is 0 Å². The van der Waals surface area contributed by atoms with Gasteiger partial charge < -0.3 is 5.32 Å². The fourth-order valence-electron chi connectivity index (χ4n) is 2.38. The number of halogens is 1. The van der Waals surface area contributed by atoms with Gasteiger partial charge >= 0.3 is 0 Å². The van der Waals surface area contributed by atoms with Crippen molar-refractivity contribution in [3.05, 3.63) is 45.2 Å². The van der Waals surface area contributed by atoms with Crippen molar-refractivity contribution in [2.45, 2.75) is 39.7 Å². The Hall–Kier alpha value is -0.640. The van der Waals surface area contributed by atoms with Crippen LogP contribution in [0.2, 0.25) is 0 Å². The number of hydrogen-bond donors (Lipinski definition) is 1. The van der Waals surface area contributed by atoms with E-state index in [1.165, 1.54) is 38.2 Å². The molecule has 3 heteroatoms. The van der Waals surface area contributed by atoms with Gasteiger partial charge in [0.2, 0.25) is 0 Å². The fraction of sp³-hybridized carbons (Fsp3) is 0.412. The summed E-state index contributed by atoms with van der Waals surface area (Å²) < 4.78 is 1.18. The quantitative estimate of drug-likeness (QED) is 0.679. The predicted octanol–water partition coefficient (Wildman–Crippen LogP) is 5.94. The summed E-state index contributed by atoms with van der Waals surface area (Å²) in [4.78, 5) is 2.78. The average Bonchev–Trinajstić information content (AvgIpc) is 2.88. The number of thiophene rings is 1. The van der Waals surface area contributed by atoms with Gasteiger partial charge in [0.25, 0.3) is 0 Å². The van der Waals surface area contributed by atoms with Crippen LogP contribution in [-0.2, 0) is 0 Å². The second-order valence-electron chi connectivity index (χ2n) is 5.08. The first-order valence-electron chi connectivity index (χ1n) is 7.25. The molecule has 2 rings (SSSR count). The van der Waals surface area contributed by atoms with Crippen LogP contribution < -0.4 is 5.32 Å². The van der Waals surface area contributed by atoms with Crippen LogP contribution in [0.3, 0.4) is 0 Å². The molecule has 1 aromatic heterocycles. The van der Waals surface area contributed by atoms with Crippen LogP contribution in [-0.4, -0.2) is 6.54 Å². The molecule has 1 nitrogen and oxygen atoms in total. The summed E-state index contributed by atoms with van der Waals surface area (Å²) in [5.41, 5.74) is 2.58. The van der Waals surface area contributed by atoms with Gasteiger partial charge in [-0.2, -0.15) is 0 Å². The number of benzene rings is 1. The van der Waals surface area contributed by atoms with Crippen molar-refractivity contribution in [1.29, 1.82) is 0 Å². The zero-order valence-corrected chi connectivity index (χ0v) is 14.8. The molecular formula is C17H22BrNS. The van der Waals surface area contributed by atoms with Crippen molar-refractivity contribution in [2.75, 3.05) is 6.54 Å². The molecule has 0 aliphatic rings.